The van der Waals surface area contributed by atoms with Gasteiger partial charge < -0.3 is 9.52 Å². The molecule has 3 fully saturated rings. The quantitative estimate of drug-likeness (QED) is 0.818. The van der Waals surface area contributed by atoms with Crippen LogP contribution in [0.1, 0.15) is 31.4 Å². The lowest BCUT2D eigenvalue weighted by molar-refractivity contribution is 0.107. The summed E-state index contributed by atoms with van der Waals surface area (Å²) in [4.78, 5) is 9.77. The van der Waals surface area contributed by atoms with Gasteiger partial charge in [-0.05, 0) is 5.92 Å². The summed E-state index contributed by atoms with van der Waals surface area (Å²) >= 11 is 4.20. The summed E-state index contributed by atoms with van der Waals surface area (Å²) < 4.78 is 5.59. The van der Waals surface area contributed by atoms with Crippen molar-refractivity contribution in [2.75, 3.05) is 55.8 Å². The van der Waals surface area contributed by atoms with Crippen LogP contribution in [0.3, 0.4) is 0 Å². The fourth-order valence-corrected chi connectivity index (χ4v) is 7.29. The second-order valence-electron chi connectivity index (χ2n) is 8.45. The van der Waals surface area contributed by atoms with Gasteiger partial charge in [-0.15, -0.1) is 0 Å². The van der Waals surface area contributed by atoms with Gasteiger partial charge in [0.15, 0.2) is 5.89 Å². The summed E-state index contributed by atoms with van der Waals surface area (Å²) in [6, 6.07) is 0.680. The first-order chi connectivity index (χ1) is 12.6. The summed E-state index contributed by atoms with van der Waals surface area (Å²) in [5.41, 5.74) is 1.07. The molecular weight excluding hydrogens is 366 g/mol. The fourth-order valence-electron chi connectivity index (χ4n) is 4.66. The van der Waals surface area contributed by atoms with Crippen LogP contribution in [0.5, 0.6) is 0 Å². The predicted octanol–water partition coefficient (Wildman–Crippen LogP) is 2.37. The number of aromatic nitrogens is 1. The Kier molecular flexibility index (Phi) is 5.91. The molecule has 2 atom stereocenters. The number of fused-ring (bicyclic) bond motifs is 1. The van der Waals surface area contributed by atoms with Gasteiger partial charge in [-0.3, -0.25) is 9.80 Å². The number of hydrogen-bond acceptors (Lipinski definition) is 7. The van der Waals surface area contributed by atoms with E-state index in [0.29, 0.717) is 24.5 Å². The molecule has 4 rings (SSSR count). The van der Waals surface area contributed by atoms with Crippen LogP contribution in [0.4, 0.5) is 0 Å². The molecule has 0 bridgehead atoms. The summed E-state index contributed by atoms with van der Waals surface area (Å²) in [5, 5.41) is 10.3. The Morgan fingerprint density at radius 3 is 2.65 bits per heavy atom. The number of likely N-dealkylation sites (tertiary alicyclic amines) is 2. The standard InChI is InChI=1S/C19H31N3O2S2/c1-14(2)18-20-16(8-24-18)7-21-5-15-6-22(12-19(15,11-21)13-23)17-9-25-3-4-26-10-17/h8,14-15,17,23H,3-7,9-13H2,1-2H3. The highest BCUT2D eigenvalue weighted by atomic mass is 32.2. The van der Waals surface area contributed by atoms with Crippen LogP contribution in [0.25, 0.3) is 0 Å². The van der Waals surface area contributed by atoms with E-state index in [0.717, 1.165) is 44.3 Å². The van der Waals surface area contributed by atoms with Crippen molar-refractivity contribution in [1.29, 1.82) is 0 Å². The van der Waals surface area contributed by atoms with Crippen molar-refractivity contribution in [3.05, 3.63) is 17.8 Å². The van der Waals surface area contributed by atoms with Crippen molar-refractivity contribution >= 4 is 23.5 Å². The van der Waals surface area contributed by atoms with Crippen LogP contribution < -0.4 is 0 Å². The van der Waals surface area contributed by atoms with E-state index in [-0.39, 0.29) is 5.41 Å². The highest BCUT2D eigenvalue weighted by molar-refractivity contribution is 8.03. The van der Waals surface area contributed by atoms with Gasteiger partial charge in [-0.25, -0.2) is 4.98 Å². The topological polar surface area (TPSA) is 52.7 Å². The van der Waals surface area contributed by atoms with E-state index in [1.54, 1.807) is 6.26 Å². The molecule has 1 aromatic heterocycles. The first kappa shape index (κ1) is 19.1. The maximum Gasteiger partial charge on any atom is 0.196 e. The number of nitrogens with zero attached hydrogens (tertiary/aromatic N) is 3. The molecular formula is C19H31N3O2S2. The summed E-state index contributed by atoms with van der Waals surface area (Å²) in [6.07, 6.45) is 1.81. The van der Waals surface area contributed by atoms with Crippen LogP contribution in [0.2, 0.25) is 0 Å². The zero-order chi connectivity index (χ0) is 18.1. The van der Waals surface area contributed by atoms with Crippen LogP contribution in [-0.4, -0.2) is 81.7 Å². The number of thioether (sulfide) groups is 2. The van der Waals surface area contributed by atoms with Gasteiger partial charge in [0.1, 0.15) is 6.26 Å². The third-order valence-electron chi connectivity index (χ3n) is 6.13. The minimum absolute atomic E-state index is 0.0479. The highest BCUT2D eigenvalue weighted by Crippen LogP contribution is 2.44. The average Bonchev–Trinajstić information content (AvgIpc) is 3.22. The molecule has 4 heterocycles. The number of rotatable bonds is 5. The smallest absolute Gasteiger partial charge is 0.196 e. The van der Waals surface area contributed by atoms with Gasteiger partial charge in [0.2, 0.25) is 0 Å². The maximum atomic E-state index is 10.3. The Bertz CT molecular complexity index is 603. The summed E-state index contributed by atoms with van der Waals surface area (Å²) in [5.74, 6) is 6.80. The summed E-state index contributed by atoms with van der Waals surface area (Å²) in [7, 11) is 0. The average molecular weight is 398 g/mol. The molecule has 26 heavy (non-hydrogen) atoms. The molecule has 0 saturated carbocycles. The Balaban J connectivity index is 1.38. The van der Waals surface area contributed by atoms with Crippen molar-refractivity contribution in [3.8, 4) is 0 Å². The van der Waals surface area contributed by atoms with Gasteiger partial charge in [0, 0.05) is 73.1 Å². The SMILES string of the molecule is CC(C)c1nc(CN2CC3CN(C4CSCCSC4)CC3(CO)C2)co1. The first-order valence-corrected chi connectivity index (χ1v) is 12.1. The molecule has 0 aliphatic carbocycles. The molecule has 0 aromatic carbocycles. The lowest BCUT2D eigenvalue weighted by Crippen LogP contribution is -2.42. The molecule has 2 unspecified atom stereocenters. The maximum absolute atomic E-state index is 10.3. The van der Waals surface area contributed by atoms with Crippen LogP contribution in [0.15, 0.2) is 10.7 Å². The Morgan fingerprint density at radius 1 is 1.27 bits per heavy atom. The molecule has 5 nitrogen and oxygen atoms in total. The second kappa shape index (κ2) is 8.03. The first-order valence-electron chi connectivity index (χ1n) is 9.77. The van der Waals surface area contributed by atoms with Crippen LogP contribution in [0, 0.1) is 11.3 Å². The van der Waals surface area contributed by atoms with Crippen molar-refractivity contribution in [3.63, 3.8) is 0 Å². The van der Waals surface area contributed by atoms with E-state index in [1.165, 1.54) is 23.0 Å². The number of oxazole rings is 1. The minimum atomic E-state index is 0.0479. The molecule has 0 amide bonds. The van der Waals surface area contributed by atoms with E-state index >= 15 is 0 Å². The predicted molar refractivity (Wildman–Crippen MR) is 109 cm³/mol. The van der Waals surface area contributed by atoms with E-state index in [1.807, 2.05) is 0 Å². The normalized spacial score (nSPS) is 31.6. The van der Waals surface area contributed by atoms with Crippen molar-refractivity contribution in [2.24, 2.45) is 11.3 Å². The minimum Gasteiger partial charge on any atom is -0.448 e. The zero-order valence-electron chi connectivity index (χ0n) is 15.9. The zero-order valence-corrected chi connectivity index (χ0v) is 17.5. The molecule has 1 N–H and O–H groups in total. The molecule has 0 radical (unpaired) electrons. The largest absolute Gasteiger partial charge is 0.448 e. The molecule has 1 aromatic rings. The van der Waals surface area contributed by atoms with E-state index in [4.69, 9.17) is 4.42 Å². The van der Waals surface area contributed by atoms with Gasteiger partial charge >= 0.3 is 0 Å². The van der Waals surface area contributed by atoms with E-state index < -0.39 is 0 Å². The van der Waals surface area contributed by atoms with Gasteiger partial charge in [-0.1, -0.05) is 13.8 Å². The molecule has 146 valence electrons. The van der Waals surface area contributed by atoms with Crippen LogP contribution in [-0.2, 0) is 6.54 Å². The Labute approximate surface area is 165 Å². The summed E-state index contributed by atoms with van der Waals surface area (Å²) in [6.45, 7) is 9.57. The molecule has 0 spiro atoms. The Morgan fingerprint density at radius 2 is 2.04 bits per heavy atom. The highest BCUT2D eigenvalue weighted by Gasteiger charge is 2.53. The van der Waals surface area contributed by atoms with Crippen molar-refractivity contribution in [2.45, 2.75) is 32.4 Å². The van der Waals surface area contributed by atoms with Crippen LogP contribution >= 0.6 is 23.5 Å². The van der Waals surface area contributed by atoms with E-state index in [2.05, 4.69) is 52.2 Å². The third-order valence-corrected chi connectivity index (χ3v) is 8.61. The van der Waals surface area contributed by atoms with E-state index in [9.17, 15) is 5.11 Å². The van der Waals surface area contributed by atoms with Gasteiger partial charge in [-0.2, -0.15) is 23.5 Å². The number of hydrogen-bond donors (Lipinski definition) is 1. The Hall–Kier alpha value is -0.210. The number of aliphatic hydroxyl groups is 1. The fraction of sp³-hybridized carbons (Fsp3) is 0.842. The lowest BCUT2D eigenvalue weighted by atomic mass is 9.82. The van der Waals surface area contributed by atoms with Crippen molar-refractivity contribution in [1.82, 2.24) is 14.8 Å². The monoisotopic (exact) mass is 397 g/mol. The molecule has 7 heteroatoms. The second-order valence-corrected chi connectivity index (χ2v) is 10.8. The molecule has 3 saturated heterocycles. The molecule has 3 aliphatic heterocycles. The van der Waals surface area contributed by atoms with Crippen molar-refractivity contribution < 1.29 is 9.52 Å². The number of aliphatic hydroxyl groups excluding tert-OH is 1. The third kappa shape index (κ3) is 3.83. The molecule has 3 aliphatic rings. The van der Waals surface area contributed by atoms with Gasteiger partial charge in [0.05, 0.1) is 12.3 Å². The lowest BCUT2D eigenvalue weighted by Gasteiger charge is -2.31. The van der Waals surface area contributed by atoms with Gasteiger partial charge in [0.25, 0.3) is 0 Å².